The van der Waals surface area contributed by atoms with Crippen LogP contribution in [0.25, 0.3) is 0 Å². The van der Waals surface area contributed by atoms with Gasteiger partial charge in [-0.05, 0) is 26.7 Å². The zero-order valence-corrected chi connectivity index (χ0v) is 11.2. The van der Waals surface area contributed by atoms with Gasteiger partial charge in [0, 0.05) is 26.1 Å². The quantitative estimate of drug-likeness (QED) is 0.480. The molecular formula is C12H24O6. The molecule has 0 atom stereocenters. The zero-order chi connectivity index (χ0) is 14.2. The minimum Gasteiger partial charge on any atom is -0.481 e. The fraction of sp³-hybridized carbons (Fsp3) is 0.833. The van der Waals surface area contributed by atoms with Gasteiger partial charge in [0.25, 0.3) is 0 Å². The minimum atomic E-state index is -0.858. The Bertz CT molecular complexity index is 203. The van der Waals surface area contributed by atoms with E-state index in [9.17, 15) is 9.59 Å². The molecule has 0 aliphatic carbocycles. The van der Waals surface area contributed by atoms with E-state index in [0.29, 0.717) is 12.8 Å². The SMILES string of the molecule is CCOCC.O=C(O)CCCCC(=O)OCCO. The highest BCUT2D eigenvalue weighted by Gasteiger charge is 2.03. The van der Waals surface area contributed by atoms with Crippen LogP contribution in [0.5, 0.6) is 0 Å². The fourth-order valence-corrected chi connectivity index (χ4v) is 0.981. The largest absolute Gasteiger partial charge is 0.481 e. The van der Waals surface area contributed by atoms with Crippen LogP contribution in [0.3, 0.4) is 0 Å². The van der Waals surface area contributed by atoms with E-state index in [0.717, 1.165) is 13.2 Å². The molecule has 0 amide bonds. The van der Waals surface area contributed by atoms with E-state index >= 15 is 0 Å². The van der Waals surface area contributed by atoms with E-state index in [4.69, 9.17) is 14.9 Å². The molecule has 18 heavy (non-hydrogen) atoms. The van der Waals surface area contributed by atoms with Gasteiger partial charge < -0.3 is 19.7 Å². The van der Waals surface area contributed by atoms with Crippen molar-refractivity contribution in [1.29, 1.82) is 0 Å². The predicted molar refractivity (Wildman–Crippen MR) is 66.3 cm³/mol. The van der Waals surface area contributed by atoms with Gasteiger partial charge in [0.2, 0.25) is 0 Å². The monoisotopic (exact) mass is 264 g/mol. The first-order valence-corrected chi connectivity index (χ1v) is 6.14. The van der Waals surface area contributed by atoms with Crippen LogP contribution >= 0.6 is 0 Å². The maximum absolute atomic E-state index is 10.8. The Kier molecular flexibility index (Phi) is 16.9. The summed E-state index contributed by atoms with van der Waals surface area (Å²) in [5.41, 5.74) is 0. The molecule has 0 radical (unpaired) electrons. The number of carboxylic acid groups (broad SMARTS) is 1. The maximum atomic E-state index is 10.8. The average Bonchev–Trinajstić information content (AvgIpc) is 2.33. The molecule has 0 aliphatic heterocycles. The number of carbonyl (C=O) groups is 2. The zero-order valence-electron chi connectivity index (χ0n) is 11.2. The molecule has 0 spiro atoms. The second kappa shape index (κ2) is 15.9. The highest BCUT2D eigenvalue weighted by molar-refractivity contribution is 5.69. The van der Waals surface area contributed by atoms with Crippen molar-refractivity contribution in [2.75, 3.05) is 26.4 Å². The van der Waals surface area contributed by atoms with Crippen molar-refractivity contribution in [1.82, 2.24) is 0 Å². The molecule has 6 nitrogen and oxygen atoms in total. The Morgan fingerprint density at radius 2 is 1.61 bits per heavy atom. The molecule has 0 saturated heterocycles. The lowest BCUT2D eigenvalue weighted by atomic mass is 10.2. The first kappa shape index (κ1) is 19.2. The Hall–Kier alpha value is -1.14. The summed E-state index contributed by atoms with van der Waals surface area (Å²) in [5, 5.41) is 16.6. The first-order valence-electron chi connectivity index (χ1n) is 6.14. The number of aliphatic hydroxyl groups is 1. The predicted octanol–water partition coefficient (Wildman–Crippen LogP) is 1.21. The third kappa shape index (κ3) is 20.3. The van der Waals surface area contributed by atoms with Crippen molar-refractivity contribution in [3.63, 3.8) is 0 Å². The summed E-state index contributed by atoms with van der Waals surface area (Å²) in [4.78, 5) is 20.8. The van der Waals surface area contributed by atoms with Gasteiger partial charge in [-0.25, -0.2) is 0 Å². The number of unbranched alkanes of at least 4 members (excludes halogenated alkanes) is 1. The summed E-state index contributed by atoms with van der Waals surface area (Å²) in [6.45, 7) is 5.50. The number of aliphatic hydroxyl groups excluding tert-OH is 1. The lowest BCUT2D eigenvalue weighted by Crippen LogP contribution is -2.08. The van der Waals surface area contributed by atoms with Crippen LogP contribution in [0.15, 0.2) is 0 Å². The molecule has 0 unspecified atom stereocenters. The summed E-state index contributed by atoms with van der Waals surface area (Å²) in [5.74, 6) is -1.25. The number of rotatable bonds is 9. The number of carbonyl (C=O) groups excluding carboxylic acids is 1. The molecule has 6 heteroatoms. The van der Waals surface area contributed by atoms with Gasteiger partial charge in [-0.15, -0.1) is 0 Å². The van der Waals surface area contributed by atoms with E-state index in [-0.39, 0.29) is 32.0 Å². The van der Waals surface area contributed by atoms with Gasteiger partial charge in [-0.3, -0.25) is 9.59 Å². The van der Waals surface area contributed by atoms with Gasteiger partial charge in [-0.2, -0.15) is 0 Å². The topological polar surface area (TPSA) is 93.1 Å². The summed E-state index contributed by atoms with van der Waals surface area (Å²) >= 11 is 0. The molecule has 0 aliphatic rings. The Morgan fingerprint density at radius 1 is 1.06 bits per heavy atom. The third-order valence-electron chi connectivity index (χ3n) is 1.78. The number of hydrogen-bond donors (Lipinski definition) is 2. The van der Waals surface area contributed by atoms with Crippen LogP contribution in [-0.2, 0) is 19.1 Å². The summed E-state index contributed by atoms with van der Waals surface area (Å²) in [6.07, 6.45) is 1.28. The van der Waals surface area contributed by atoms with Crippen molar-refractivity contribution in [2.24, 2.45) is 0 Å². The van der Waals surface area contributed by atoms with Gasteiger partial charge in [0.1, 0.15) is 6.61 Å². The molecule has 0 rings (SSSR count). The van der Waals surface area contributed by atoms with Crippen LogP contribution in [0.2, 0.25) is 0 Å². The first-order chi connectivity index (χ1) is 8.58. The number of hydrogen-bond acceptors (Lipinski definition) is 5. The lowest BCUT2D eigenvalue weighted by Gasteiger charge is -2.01. The van der Waals surface area contributed by atoms with Crippen molar-refractivity contribution < 1.29 is 29.3 Å². The molecule has 0 bridgehead atoms. The van der Waals surface area contributed by atoms with Gasteiger partial charge >= 0.3 is 11.9 Å². The third-order valence-corrected chi connectivity index (χ3v) is 1.78. The number of ether oxygens (including phenoxy) is 2. The number of aliphatic carboxylic acids is 1. The average molecular weight is 264 g/mol. The molecule has 0 aromatic carbocycles. The van der Waals surface area contributed by atoms with Crippen LogP contribution in [-0.4, -0.2) is 48.6 Å². The molecule has 0 aromatic rings. The lowest BCUT2D eigenvalue weighted by molar-refractivity contribution is -0.145. The second-order valence-corrected chi connectivity index (χ2v) is 3.33. The highest BCUT2D eigenvalue weighted by Crippen LogP contribution is 2.00. The summed E-state index contributed by atoms with van der Waals surface area (Å²) < 4.78 is 9.40. The van der Waals surface area contributed by atoms with E-state index in [1.165, 1.54) is 0 Å². The second-order valence-electron chi connectivity index (χ2n) is 3.33. The summed E-state index contributed by atoms with van der Waals surface area (Å²) in [7, 11) is 0. The molecular weight excluding hydrogens is 240 g/mol. The van der Waals surface area contributed by atoms with E-state index in [1.807, 2.05) is 13.8 Å². The minimum absolute atomic E-state index is 0.0117. The van der Waals surface area contributed by atoms with E-state index in [2.05, 4.69) is 4.74 Å². The van der Waals surface area contributed by atoms with Crippen molar-refractivity contribution in [3.05, 3.63) is 0 Å². The maximum Gasteiger partial charge on any atom is 0.305 e. The molecule has 0 fully saturated rings. The molecule has 0 heterocycles. The molecule has 0 aromatic heterocycles. The van der Waals surface area contributed by atoms with Crippen molar-refractivity contribution in [3.8, 4) is 0 Å². The number of carboxylic acids is 1. The highest BCUT2D eigenvalue weighted by atomic mass is 16.5. The van der Waals surface area contributed by atoms with Gasteiger partial charge in [0.05, 0.1) is 6.61 Å². The van der Waals surface area contributed by atoms with Crippen molar-refractivity contribution >= 4 is 11.9 Å². The smallest absolute Gasteiger partial charge is 0.305 e. The van der Waals surface area contributed by atoms with E-state index < -0.39 is 5.97 Å². The van der Waals surface area contributed by atoms with E-state index in [1.54, 1.807) is 0 Å². The molecule has 108 valence electrons. The fourth-order valence-electron chi connectivity index (χ4n) is 0.981. The van der Waals surface area contributed by atoms with Gasteiger partial charge in [0.15, 0.2) is 0 Å². The van der Waals surface area contributed by atoms with Crippen LogP contribution in [0.4, 0.5) is 0 Å². The standard InChI is InChI=1S/C8H14O5.C4H10O/c9-5-6-13-8(12)4-2-1-3-7(10)11;1-3-5-4-2/h9H,1-6H2,(H,10,11);3-4H2,1-2H3. The Balaban J connectivity index is 0. The van der Waals surface area contributed by atoms with Crippen LogP contribution in [0, 0.1) is 0 Å². The molecule has 2 N–H and O–H groups in total. The number of esters is 1. The van der Waals surface area contributed by atoms with Crippen LogP contribution < -0.4 is 0 Å². The summed E-state index contributed by atoms with van der Waals surface area (Å²) in [6, 6.07) is 0. The molecule has 0 saturated carbocycles. The normalized spacial score (nSPS) is 9.28. The van der Waals surface area contributed by atoms with Crippen LogP contribution in [0.1, 0.15) is 39.5 Å². The van der Waals surface area contributed by atoms with Crippen molar-refractivity contribution in [2.45, 2.75) is 39.5 Å². The van der Waals surface area contributed by atoms with Gasteiger partial charge in [-0.1, -0.05) is 0 Å². The Labute approximate surface area is 108 Å². The Morgan fingerprint density at radius 3 is 2.00 bits per heavy atom.